The van der Waals surface area contributed by atoms with Crippen molar-refractivity contribution < 1.29 is 0 Å². The molecule has 2 aromatic rings. The molecule has 78 valence electrons. The number of hydrogen-bond acceptors (Lipinski definition) is 3. The predicted molar refractivity (Wildman–Crippen MR) is 65.6 cm³/mol. The van der Waals surface area contributed by atoms with Crippen LogP contribution in [0.2, 0.25) is 0 Å². The molecule has 0 amide bonds. The Labute approximate surface area is 94.0 Å². The number of thiazole rings is 1. The van der Waals surface area contributed by atoms with Crippen molar-refractivity contribution in [2.24, 2.45) is 0 Å². The molecule has 0 unspecified atom stereocenters. The summed E-state index contributed by atoms with van der Waals surface area (Å²) in [6.45, 7) is 2.11. The van der Waals surface area contributed by atoms with Crippen molar-refractivity contribution in [3.63, 3.8) is 0 Å². The summed E-state index contributed by atoms with van der Waals surface area (Å²) >= 11 is 1.65. The van der Waals surface area contributed by atoms with Crippen LogP contribution in [0.25, 0.3) is 0 Å². The van der Waals surface area contributed by atoms with Crippen molar-refractivity contribution in [1.29, 1.82) is 0 Å². The molecule has 0 radical (unpaired) electrons. The first-order valence-corrected chi connectivity index (χ1v) is 5.83. The highest BCUT2D eigenvalue weighted by Crippen LogP contribution is 2.17. The number of aromatic nitrogens is 1. The van der Waals surface area contributed by atoms with Crippen molar-refractivity contribution in [3.05, 3.63) is 46.5 Å². The van der Waals surface area contributed by atoms with E-state index in [0.29, 0.717) is 0 Å². The molecule has 0 spiro atoms. The fourth-order valence-electron chi connectivity index (χ4n) is 1.53. The van der Waals surface area contributed by atoms with E-state index in [0.717, 1.165) is 17.2 Å². The maximum absolute atomic E-state index is 4.46. The quantitative estimate of drug-likeness (QED) is 0.856. The van der Waals surface area contributed by atoms with Gasteiger partial charge in [-0.25, -0.2) is 4.98 Å². The number of hydrogen-bond donors (Lipinski definition) is 1. The third kappa shape index (κ3) is 2.57. The summed E-state index contributed by atoms with van der Waals surface area (Å²) in [6.07, 6.45) is 0.917. The molecule has 1 aromatic carbocycles. The zero-order valence-corrected chi connectivity index (χ0v) is 9.77. The monoisotopic (exact) mass is 218 g/mol. The van der Waals surface area contributed by atoms with Crippen LogP contribution in [0.4, 0.5) is 5.13 Å². The van der Waals surface area contributed by atoms with Crippen LogP contribution >= 0.6 is 11.3 Å². The van der Waals surface area contributed by atoms with Crippen molar-refractivity contribution in [1.82, 2.24) is 4.98 Å². The van der Waals surface area contributed by atoms with E-state index in [-0.39, 0.29) is 0 Å². The van der Waals surface area contributed by atoms with E-state index in [9.17, 15) is 0 Å². The Morgan fingerprint density at radius 2 is 2.27 bits per heavy atom. The van der Waals surface area contributed by atoms with E-state index in [4.69, 9.17) is 0 Å². The minimum atomic E-state index is 0.917. The van der Waals surface area contributed by atoms with Crippen LogP contribution in [-0.2, 0) is 6.42 Å². The van der Waals surface area contributed by atoms with Gasteiger partial charge in [0, 0.05) is 18.8 Å². The van der Waals surface area contributed by atoms with Crippen molar-refractivity contribution in [2.45, 2.75) is 13.3 Å². The van der Waals surface area contributed by atoms with Crippen molar-refractivity contribution in [2.75, 3.05) is 12.4 Å². The number of anilines is 1. The molecule has 15 heavy (non-hydrogen) atoms. The van der Waals surface area contributed by atoms with Gasteiger partial charge in [-0.15, -0.1) is 11.3 Å². The third-order valence-corrected chi connectivity index (χ3v) is 3.14. The van der Waals surface area contributed by atoms with Gasteiger partial charge in [-0.3, -0.25) is 0 Å². The molecule has 1 N–H and O–H groups in total. The number of aryl methyl sites for hydroxylation is 1. The predicted octanol–water partition coefficient (Wildman–Crippen LogP) is 3.08. The lowest BCUT2D eigenvalue weighted by molar-refractivity contribution is 1.10. The largest absolute Gasteiger partial charge is 0.365 e. The number of nitrogens with zero attached hydrogens (tertiary/aromatic N) is 1. The first-order chi connectivity index (χ1) is 7.28. The Kier molecular flexibility index (Phi) is 3.02. The van der Waals surface area contributed by atoms with E-state index in [2.05, 4.69) is 46.9 Å². The fourth-order valence-corrected chi connectivity index (χ4v) is 2.21. The molecule has 1 aromatic heterocycles. The van der Waals surface area contributed by atoms with Crippen LogP contribution < -0.4 is 5.32 Å². The first-order valence-electron chi connectivity index (χ1n) is 4.95. The molecular formula is C12H14N2S. The smallest absolute Gasteiger partial charge is 0.182 e. The van der Waals surface area contributed by atoms with E-state index in [1.165, 1.54) is 11.1 Å². The van der Waals surface area contributed by atoms with Crippen LogP contribution in [0.5, 0.6) is 0 Å². The molecule has 0 atom stereocenters. The molecule has 0 aliphatic heterocycles. The zero-order chi connectivity index (χ0) is 10.7. The van der Waals surface area contributed by atoms with Crippen molar-refractivity contribution in [3.8, 4) is 0 Å². The summed E-state index contributed by atoms with van der Waals surface area (Å²) in [7, 11) is 1.90. The van der Waals surface area contributed by atoms with Crippen LogP contribution in [0.1, 0.15) is 16.8 Å². The third-order valence-electron chi connectivity index (χ3n) is 2.23. The zero-order valence-electron chi connectivity index (χ0n) is 8.95. The summed E-state index contributed by atoms with van der Waals surface area (Å²) < 4.78 is 0. The lowest BCUT2D eigenvalue weighted by Crippen LogP contribution is -1.91. The van der Waals surface area contributed by atoms with Gasteiger partial charge in [0.15, 0.2) is 5.13 Å². The lowest BCUT2D eigenvalue weighted by Gasteiger charge is -1.99. The van der Waals surface area contributed by atoms with Gasteiger partial charge in [-0.2, -0.15) is 0 Å². The standard InChI is InChI=1S/C12H14N2S/c1-9-4-3-5-10(6-9)7-11-8-15-12(13-2)14-11/h3-6,8H,7H2,1-2H3,(H,13,14). The molecule has 0 bridgehead atoms. The molecular weight excluding hydrogens is 204 g/mol. The summed E-state index contributed by atoms with van der Waals surface area (Å²) in [6, 6.07) is 8.56. The van der Waals surface area contributed by atoms with Gasteiger partial charge in [0.1, 0.15) is 0 Å². The highest BCUT2D eigenvalue weighted by atomic mass is 32.1. The van der Waals surface area contributed by atoms with Crippen LogP contribution in [0.3, 0.4) is 0 Å². The Balaban J connectivity index is 2.14. The molecule has 0 saturated carbocycles. The van der Waals surface area contributed by atoms with E-state index in [1.54, 1.807) is 11.3 Å². The average Bonchev–Trinajstić information content (AvgIpc) is 2.65. The topological polar surface area (TPSA) is 24.9 Å². The Hall–Kier alpha value is -1.35. The maximum Gasteiger partial charge on any atom is 0.182 e. The summed E-state index contributed by atoms with van der Waals surface area (Å²) in [4.78, 5) is 4.46. The minimum Gasteiger partial charge on any atom is -0.365 e. The maximum atomic E-state index is 4.46. The van der Waals surface area contributed by atoms with Gasteiger partial charge in [0.05, 0.1) is 5.69 Å². The van der Waals surface area contributed by atoms with Gasteiger partial charge in [0.25, 0.3) is 0 Å². The summed E-state index contributed by atoms with van der Waals surface area (Å²) in [5, 5.41) is 6.14. The Morgan fingerprint density at radius 1 is 1.40 bits per heavy atom. The number of nitrogens with one attached hydrogen (secondary N) is 1. The van der Waals surface area contributed by atoms with E-state index < -0.39 is 0 Å². The Bertz CT molecular complexity index is 448. The molecule has 0 fully saturated rings. The second-order valence-corrected chi connectivity index (χ2v) is 4.42. The average molecular weight is 218 g/mol. The molecule has 1 heterocycles. The Morgan fingerprint density at radius 3 is 2.93 bits per heavy atom. The van der Waals surface area contributed by atoms with Crippen LogP contribution in [-0.4, -0.2) is 12.0 Å². The van der Waals surface area contributed by atoms with Gasteiger partial charge in [-0.1, -0.05) is 29.8 Å². The van der Waals surface area contributed by atoms with Gasteiger partial charge in [0.2, 0.25) is 0 Å². The lowest BCUT2D eigenvalue weighted by atomic mass is 10.1. The van der Waals surface area contributed by atoms with Crippen LogP contribution in [0.15, 0.2) is 29.6 Å². The van der Waals surface area contributed by atoms with Crippen LogP contribution in [0, 0.1) is 6.92 Å². The number of benzene rings is 1. The van der Waals surface area contributed by atoms with E-state index >= 15 is 0 Å². The molecule has 2 rings (SSSR count). The van der Waals surface area contributed by atoms with E-state index in [1.807, 2.05) is 7.05 Å². The SMILES string of the molecule is CNc1nc(Cc2cccc(C)c2)cs1. The van der Waals surface area contributed by atoms with Gasteiger partial charge in [-0.05, 0) is 12.5 Å². The molecule has 0 aliphatic rings. The van der Waals surface area contributed by atoms with Gasteiger partial charge < -0.3 is 5.32 Å². The normalized spacial score (nSPS) is 10.3. The summed E-state index contributed by atoms with van der Waals surface area (Å²) in [5.41, 5.74) is 3.76. The summed E-state index contributed by atoms with van der Waals surface area (Å²) in [5.74, 6) is 0. The fraction of sp³-hybridized carbons (Fsp3) is 0.250. The first kappa shape index (κ1) is 10.2. The minimum absolute atomic E-state index is 0.917. The van der Waals surface area contributed by atoms with Crippen molar-refractivity contribution >= 4 is 16.5 Å². The molecule has 2 nitrogen and oxygen atoms in total. The highest BCUT2D eigenvalue weighted by Gasteiger charge is 2.01. The highest BCUT2D eigenvalue weighted by molar-refractivity contribution is 7.13. The second-order valence-electron chi connectivity index (χ2n) is 3.56. The second kappa shape index (κ2) is 4.45. The molecule has 3 heteroatoms. The van der Waals surface area contributed by atoms with Gasteiger partial charge >= 0.3 is 0 Å². The molecule has 0 aliphatic carbocycles. The number of rotatable bonds is 3. The molecule has 0 saturated heterocycles.